The fourth-order valence-electron chi connectivity index (χ4n) is 5.21. The number of methoxy groups -OCH3 is 2. The van der Waals surface area contributed by atoms with Crippen LogP contribution in [0.2, 0.25) is 0 Å². The van der Waals surface area contributed by atoms with E-state index in [4.69, 9.17) is 18.9 Å². The van der Waals surface area contributed by atoms with Crippen molar-refractivity contribution in [1.29, 1.82) is 0 Å². The number of carbonyl (C=O) groups excluding carboxylic acids is 3. The SMILES string of the molecule is CCOC(=O)CN1C(=O)/C(=c2/sc3n(c2=O)[C@H](c2cc(OC)c(OC)cc2Br)C(C(=O)OCC)=C(C)N=3)c2ccccc21. The highest BCUT2D eigenvalue weighted by molar-refractivity contribution is 9.10. The van der Waals surface area contributed by atoms with Crippen LogP contribution in [0, 0.1) is 0 Å². The molecule has 0 fully saturated rings. The number of rotatable bonds is 8. The fourth-order valence-corrected chi connectivity index (χ4v) is 6.88. The first kappa shape index (κ1) is 30.2. The summed E-state index contributed by atoms with van der Waals surface area (Å²) in [6.45, 7) is 5.03. The minimum atomic E-state index is -0.971. The zero-order valence-corrected chi connectivity index (χ0v) is 26.5. The maximum atomic E-state index is 14.4. The number of ether oxygens (including phenoxy) is 4. The van der Waals surface area contributed by atoms with Crippen LogP contribution >= 0.6 is 27.3 Å². The second-order valence-electron chi connectivity index (χ2n) is 9.44. The quantitative estimate of drug-likeness (QED) is 0.335. The lowest BCUT2D eigenvalue weighted by molar-refractivity contribution is -0.142. The smallest absolute Gasteiger partial charge is 0.338 e. The number of hydrogen-bond donors (Lipinski definition) is 0. The van der Waals surface area contributed by atoms with Crippen molar-refractivity contribution < 1.29 is 33.3 Å². The number of anilines is 1. The Morgan fingerprint density at radius 1 is 1.02 bits per heavy atom. The molecule has 0 unspecified atom stereocenters. The molecule has 13 heteroatoms. The molecule has 0 N–H and O–H groups in total. The van der Waals surface area contributed by atoms with Gasteiger partial charge in [-0.05, 0) is 44.5 Å². The van der Waals surface area contributed by atoms with E-state index in [-0.39, 0.29) is 35.4 Å². The number of fused-ring (bicyclic) bond motifs is 2. The molecule has 1 atom stereocenters. The topological polar surface area (TPSA) is 126 Å². The summed E-state index contributed by atoms with van der Waals surface area (Å²) >= 11 is 4.62. The number of para-hydroxylation sites is 1. The number of hydrogen-bond acceptors (Lipinski definition) is 10. The second-order valence-corrected chi connectivity index (χ2v) is 11.3. The van der Waals surface area contributed by atoms with Crippen LogP contribution in [0.4, 0.5) is 5.69 Å². The number of thiazole rings is 1. The van der Waals surface area contributed by atoms with Gasteiger partial charge in [0.1, 0.15) is 11.1 Å². The van der Waals surface area contributed by atoms with E-state index in [9.17, 15) is 19.2 Å². The first-order valence-electron chi connectivity index (χ1n) is 13.4. The Morgan fingerprint density at radius 3 is 2.37 bits per heavy atom. The van der Waals surface area contributed by atoms with Gasteiger partial charge in [0.15, 0.2) is 16.3 Å². The molecule has 5 rings (SSSR count). The summed E-state index contributed by atoms with van der Waals surface area (Å²) in [5.74, 6) is -0.874. The third-order valence-electron chi connectivity index (χ3n) is 7.03. The van der Waals surface area contributed by atoms with E-state index < -0.39 is 29.4 Å². The van der Waals surface area contributed by atoms with Crippen LogP contribution in [0.5, 0.6) is 11.5 Å². The third kappa shape index (κ3) is 5.16. The predicted octanol–water partition coefficient (Wildman–Crippen LogP) is 2.86. The molecule has 2 aliphatic heterocycles. The molecule has 0 radical (unpaired) electrons. The summed E-state index contributed by atoms with van der Waals surface area (Å²) in [5, 5.41) is 0. The predicted molar refractivity (Wildman–Crippen MR) is 162 cm³/mol. The Kier molecular flexibility index (Phi) is 8.56. The van der Waals surface area contributed by atoms with Crippen molar-refractivity contribution in [2.24, 2.45) is 4.99 Å². The average Bonchev–Trinajstić information content (AvgIpc) is 3.44. The Bertz CT molecular complexity index is 1880. The lowest BCUT2D eigenvalue weighted by atomic mass is 9.95. The van der Waals surface area contributed by atoms with E-state index in [1.165, 1.54) is 23.7 Å². The molecule has 0 saturated heterocycles. The van der Waals surface area contributed by atoms with Crippen molar-refractivity contribution in [2.75, 3.05) is 38.9 Å². The molecular formula is C30H28BrN3O8S. The number of carbonyl (C=O) groups is 3. The van der Waals surface area contributed by atoms with Crippen molar-refractivity contribution in [3.8, 4) is 11.5 Å². The highest BCUT2D eigenvalue weighted by Gasteiger charge is 2.39. The minimum absolute atomic E-state index is 0.117. The molecule has 1 aromatic heterocycles. The lowest BCUT2D eigenvalue weighted by Crippen LogP contribution is -2.41. The number of allylic oxidation sites excluding steroid dienone is 1. The molecule has 0 saturated carbocycles. The summed E-state index contributed by atoms with van der Waals surface area (Å²) in [4.78, 5) is 60.1. The Morgan fingerprint density at radius 2 is 1.70 bits per heavy atom. The van der Waals surface area contributed by atoms with Gasteiger partial charge in [-0.1, -0.05) is 45.5 Å². The molecule has 1 amide bonds. The van der Waals surface area contributed by atoms with Gasteiger partial charge in [-0.15, -0.1) is 0 Å². The standard InChI is InChI=1S/C30H28BrN3O8S/c1-6-41-22(35)14-33-19-11-9-8-10-16(19)24(27(33)36)26-28(37)34-25(17-12-20(39-4)21(40-5)13-18(17)31)23(29(38)42-7-2)15(3)32-30(34)43-26/h8-13,25H,6-7,14H2,1-5H3/b26-24+/t25-/m1/s1. The second kappa shape index (κ2) is 12.2. The third-order valence-corrected chi connectivity index (χ3v) is 8.77. The van der Waals surface area contributed by atoms with E-state index >= 15 is 0 Å². The fraction of sp³-hybridized carbons (Fsp3) is 0.300. The van der Waals surface area contributed by atoms with E-state index in [2.05, 4.69) is 20.9 Å². The van der Waals surface area contributed by atoms with Gasteiger partial charge in [0.2, 0.25) is 0 Å². The van der Waals surface area contributed by atoms with Gasteiger partial charge in [-0.3, -0.25) is 23.9 Å². The minimum Gasteiger partial charge on any atom is -0.493 e. The maximum Gasteiger partial charge on any atom is 0.338 e. The van der Waals surface area contributed by atoms with Crippen LogP contribution in [-0.4, -0.2) is 56.4 Å². The van der Waals surface area contributed by atoms with Gasteiger partial charge in [0, 0.05) is 10.0 Å². The van der Waals surface area contributed by atoms with Gasteiger partial charge in [-0.2, -0.15) is 0 Å². The van der Waals surface area contributed by atoms with Crippen LogP contribution in [0.1, 0.15) is 37.9 Å². The van der Waals surface area contributed by atoms with Gasteiger partial charge in [0.05, 0.1) is 56.0 Å². The van der Waals surface area contributed by atoms with Gasteiger partial charge < -0.3 is 18.9 Å². The Hall–Kier alpha value is -4.23. The zero-order chi connectivity index (χ0) is 31.0. The Balaban J connectivity index is 1.80. The number of amides is 1. The summed E-state index contributed by atoms with van der Waals surface area (Å²) in [6, 6.07) is 9.34. The molecule has 224 valence electrons. The normalized spacial score (nSPS) is 16.8. The number of nitrogens with zero attached hydrogens (tertiary/aromatic N) is 3. The molecule has 0 bridgehead atoms. The average molecular weight is 671 g/mol. The molecule has 43 heavy (non-hydrogen) atoms. The van der Waals surface area contributed by atoms with E-state index in [0.29, 0.717) is 43.3 Å². The van der Waals surface area contributed by atoms with Crippen LogP contribution < -0.4 is 29.3 Å². The van der Waals surface area contributed by atoms with Crippen molar-refractivity contribution in [3.63, 3.8) is 0 Å². The van der Waals surface area contributed by atoms with Crippen molar-refractivity contribution in [3.05, 3.63) is 83.0 Å². The van der Waals surface area contributed by atoms with Gasteiger partial charge in [0.25, 0.3) is 11.5 Å². The summed E-state index contributed by atoms with van der Waals surface area (Å²) < 4.78 is 23.5. The van der Waals surface area contributed by atoms with Gasteiger partial charge >= 0.3 is 11.9 Å². The van der Waals surface area contributed by atoms with E-state index in [1.54, 1.807) is 57.2 Å². The van der Waals surface area contributed by atoms with Crippen molar-refractivity contribution >= 4 is 56.4 Å². The van der Waals surface area contributed by atoms with Crippen LogP contribution in [0.25, 0.3) is 5.57 Å². The zero-order valence-electron chi connectivity index (χ0n) is 24.1. The van der Waals surface area contributed by atoms with Crippen LogP contribution in [0.3, 0.4) is 0 Å². The monoisotopic (exact) mass is 669 g/mol. The molecule has 11 nitrogen and oxygen atoms in total. The molecule has 3 heterocycles. The van der Waals surface area contributed by atoms with Crippen molar-refractivity contribution in [2.45, 2.75) is 26.8 Å². The molecular weight excluding hydrogens is 642 g/mol. The number of aromatic nitrogens is 1. The van der Waals surface area contributed by atoms with Gasteiger partial charge in [-0.25, -0.2) is 9.79 Å². The maximum absolute atomic E-state index is 14.4. The largest absolute Gasteiger partial charge is 0.493 e. The van der Waals surface area contributed by atoms with Crippen LogP contribution in [0.15, 0.2) is 61.9 Å². The van der Waals surface area contributed by atoms with Crippen LogP contribution in [-0.2, 0) is 23.9 Å². The van der Waals surface area contributed by atoms with E-state index in [1.807, 2.05) is 0 Å². The molecule has 3 aromatic rings. The molecule has 2 aliphatic rings. The summed E-state index contributed by atoms with van der Waals surface area (Å²) in [7, 11) is 2.99. The number of esters is 2. The number of halogens is 1. The Labute approximate surface area is 258 Å². The van der Waals surface area contributed by atoms with Crippen molar-refractivity contribution in [1.82, 2.24) is 4.57 Å². The first-order chi connectivity index (χ1) is 20.7. The number of benzene rings is 2. The molecule has 0 aliphatic carbocycles. The lowest BCUT2D eigenvalue weighted by Gasteiger charge is -2.26. The summed E-state index contributed by atoms with van der Waals surface area (Å²) in [5.41, 5.74) is 1.67. The summed E-state index contributed by atoms with van der Waals surface area (Å²) in [6.07, 6.45) is 0. The molecule has 0 spiro atoms. The highest BCUT2D eigenvalue weighted by Crippen LogP contribution is 2.41. The first-order valence-corrected chi connectivity index (χ1v) is 15.0. The molecule has 2 aromatic carbocycles. The highest BCUT2D eigenvalue weighted by atomic mass is 79.9. The van der Waals surface area contributed by atoms with E-state index in [0.717, 1.165) is 11.3 Å².